The number of aliphatic hydroxyl groups is 1. The predicted molar refractivity (Wildman–Crippen MR) is 51.9 cm³/mol. The Bertz CT molecular complexity index is 411. The van der Waals surface area contributed by atoms with E-state index in [0.29, 0.717) is 5.02 Å². The number of aliphatic hydroxyl groups excluding tert-OH is 1. The summed E-state index contributed by atoms with van der Waals surface area (Å²) in [7, 11) is 0. The number of nitro benzene ring substituents is 1. The van der Waals surface area contributed by atoms with Gasteiger partial charge in [-0.25, -0.2) is 0 Å². The highest BCUT2D eigenvalue weighted by Crippen LogP contribution is 2.27. The van der Waals surface area contributed by atoms with Crippen LogP contribution in [0, 0.1) is 22.5 Å². The van der Waals surface area contributed by atoms with Crippen molar-refractivity contribution in [2.75, 3.05) is 0 Å². The quantitative estimate of drug-likeness (QED) is 0.462. The molecule has 14 heavy (non-hydrogen) atoms. The van der Waals surface area contributed by atoms with Crippen LogP contribution < -0.4 is 0 Å². The lowest BCUT2D eigenvalue weighted by Gasteiger charge is -2.04. The molecule has 0 bridgehead atoms. The number of benzene rings is 1. The molecule has 0 amide bonds. The number of nitro groups is 1. The maximum absolute atomic E-state index is 10.5. The molecule has 0 aliphatic rings. The zero-order valence-corrected chi connectivity index (χ0v) is 7.73. The highest BCUT2D eigenvalue weighted by molar-refractivity contribution is 6.30. The summed E-state index contributed by atoms with van der Waals surface area (Å²) in [6.45, 7) is 0. The lowest BCUT2D eigenvalue weighted by molar-refractivity contribution is -0.386. The second-order valence-electron chi connectivity index (χ2n) is 2.53. The molecule has 1 N–H and O–H groups in total. The molecule has 0 aromatic heterocycles. The van der Waals surface area contributed by atoms with Gasteiger partial charge < -0.3 is 5.11 Å². The zero-order chi connectivity index (χ0) is 10.7. The average Bonchev–Trinajstić information content (AvgIpc) is 2.16. The Labute approximate surface area is 85.3 Å². The first-order chi connectivity index (χ1) is 6.56. The molecule has 0 aliphatic heterocycles. The molecule has 0 saturated heterocycles. The van der Waals surface area contributed by atoms with Gasteiger partial charge in [0.2, 0.25) is 0 Å². The van der Waals surface area contributed by atoms with E-state index in [-0.39, 0.29) is 11.3 Å². The van der Waals surface area contributed by atoms with E-state index in [0.717, 1.165) is 0 Å². The first-order valence-corrected chi connectivity index (χ1v) is 4.02. The summed E-state index contributed by atoms with van der Waals surface area (Å²) in [6.07, 6.45) is 3.65. The molecule has 0 heterocycles. The van der Waals surface area contributed by atoms with Gasteiger partial charge in [0, 0.05) is 11.1 Å². The Hall–Kier alpha value is -1.57. The number of halogens is 1. The molecule has 5 heteroatoms. The van der Waals surface area contributed by atoms with Gasteiger partial charge >= 0.3 is 0 Å². The predicted octanol–water partition coefficient (Wildman–Crippen LogP) is 1.91. The largest absolute Gasteiger partial charge is 0.376 e. The van der Waals surface area contributed by atoms with Crippen LogP contribution in [0.5, 0.6) is 0 Å². The Morgan fingerprint density at radius 3 is 2.79 bits per heavy atom. The van der Waals surface area contributed by atoms with Gasteiger partial charge in [-0.3, -0.25) is 10.1 Å². The van der Waals surface area contributed by atoms with Gasteiger partial charge in [-0.15, -0.1) is 6.42 Å². The van der Waals surface area contributed by atoms with Crippen molar-refractivity contribution in [3.05, 3.63) is 38.9 Å². The molecule has 0 saturated carbocycles. The van der Waals surface area contributed by atoms with Crippen molar-refractivity contribution >= 4 is 17.3 Å². The number of rotatable bonds is 2. The zero-order valence-electron chi connectivity index (χ0n) is 6.98. The molecule has 0 aliphatic carbocycles. The van der Waals surface area contributed by atoms with Crippen LogP contribution in [0.3, 0.4) is 0 Å². The van der Waals surface area contributed by atoms with E-state index in [1.807, 2.05) is 5.92 Å². The minimum absolute atomic E-state index is 0.0324. The first kappa shape index (κ1) is 10.5. The molecular weight excluding hydrogens is 206 g/mol. The molecule has 1 rings (SSSR count). The SMILES string of the molecule is C#CC(O)c1cc(Cl)ccc1[N+](=O)[O-]. The Morgan fingerprint density at radius 1 is 1.64 bits per heavy atom. The maximum atomic E-state index is 10.5. The van der Waals surface area contributed by atoms with Crippen LogP contribution in [-0.4, -0.2) is 10.0 Å². The fraction of sp³-hybridized carbons (Fsp3) is 0.111. The Balaban J connectivity index is 3.31. The smallest absolute Gasteiger partial charge is 0.276 e. The summed E-state index contributed by atoms with van der Waals surface area (Å²) >= 11 is 5.62. The second kappa shape index (κ2) is 4.09. The van der Waals surface area contributed by atoms with Crippen LogP contribution in [0.4, 0.5) is 5.69 Å². The van der Waals surface area contributed by atoms with Crippen molar-refractivity contribution in [1.29, 1.82) is 0 Å². The Morgan fingerprint density at radius 2 is 2.29 bits per heavy atom. The summed E-state index contributed by atoms with van der Waals surface area (Å²) in [6, 6.07) is 3.86. The summed E-state index contributed by atoms with van der Waals surface area (Å²) in [4.78, 5) is 9.92. The van der Waals surface area contributed by atoms with Gasteiger partial charge in [-0.05, 0) is 12.1 Å². The van der Waals surface area contributed by atoms with Crippen molar-refractivity contribution < 1.29 is 10.0 Å². The fourth-order valence-corrected chi connectivity index (χ4v) is 1.18. The van der Waals surface area contributed by atoms with E-state index in [4.69, 9.17) is 18.0 Å². The number of hydrogen-bond donors (Lipinski definition) is 1. The van der Waals surface area contributed by atoms with Gasteiger partial charge in [-0.1, -0.05) is 17.5 Å². The fourth-order valence-electron chi connectivity index (χ4n) is 1.00. The molecule has 0 radical (unpaired) electrons. The van der Waals surface area contributed by atoms with E-state index in [9.17, 15) is 15.2 Å². The number of nitrogens with zero attached hydrogens (tertiary/aromatic N) is 1. The van der Waals surface area contributed by atoms with Crippen molar-refractivity contribution in [2.45, 2.75) is 6.10 Å². The first-order valence-electron chi connectivity index (χ1n) is 3.64. The van der Waals surface area contributed by atoms with Crippen molar-refractivity contribution in [1.82, 2.24) is 0 Å². The lowest BCUT2D eigenvalue weighted by atomic mass is 10.1. The molecule has 4 nitrogen and oxygen atoms in total. The van der Waals surface area contributed by atoms with Crippen molar-refractivity contribution in [3.8, 4) is 12.3 Å². The van der Waals surface area contributed by atoms with E-state index < -0.39 is 11.0 Å². The van der Waals surface area contributed by atoms with Gasteiger partial charge in [0.15, 0.2) is 0 Å². The third-order valence-electron chi connectivity index (χ3n) is 1.64. The van der Waals surface area contributed by atoms with Crippen LogP contribution in [-0.2, 0) is 0 Å². The molecule has 72 valence electrons. The summed E-state index contributed by atoms with van der Waals surface area (Å²) < 4.78 is 0. The molecule has 1 unspecified atom stereocenters. The van der Waals surface area contributed by atoms with Crippen LogP contribution >= 0.6 is 11.6 Å². The summed E-state index contributed by atoms with van der Waals surface area (Å²) in [5.74, 6) is 2.00. The maximum Gasteiger partial charge on any atom is 0.276 e. The van der Waals surface area contributed by atoms with Crippen LogP contribution in [0.2, 0.25) is 5.02 Å². The lowest BCUT2D eigenvalue weighted by Crippen LogP contribution is -2.00. The Kier molecular flexibility index (Phi) is 3.07. The molecule has 1 aromatic carbocycles. The summed E-state index contributed by atoms with van der Waals surface area (Å²) in [5, 5.41) is 20.1. The highest BCUT2D eigenvalue weighted by Gasteiger charge is 2.18. The average molecular weight is 212 g/mol. The van der Waals surface area contributed by atoms with Gasteiger partial charge in [0.05, 0.1) is 10.5 Å². The normalized spacial score (nSPS) is 11.8. The molecule has 1 aromatic rings. The third-order valence-corrected chi connectivity index (χ3v) is 1.87. The van der Waals surface area contributed by atoms with E-state index in [2.05, 4.69) is 0 Å². The second-order valence-corrected chi connectivity index (χ2v) is 2.97. The van der Waals surface area contributed by atoms with E-state index >= 15 is 0 Å². The van der Waals surface area contributed by atoms with E-state index in [1.54, 1.807) is 0 Å². The topological polar surface area (TPSA) is 63.4 Å². The van der Waals surface area contributed by atoms with Crippen LogP contribution in [0.1, 0.15) is 11.7 Å². The minimum Gasteiger partial charge on any atom is -0.376 e. The third kappa shape index (κ3) is 2.02. The van der Waals surface area contributed by atoms with Crippen molar-refractivity contribution in [2.24, 2.45) is 0 Å². The monoisotopic (exact) mass is 211 g/mol. The van der Waals surface area contributed by atoms with Crippen LogP contribution in [0.25, 0.3) is 0 Å². The number of hydrogen-bond acceptors (Lipinski definition) is 3. The molecule has 0 fully saturated rings. The van der Waals surface area contributed by atoms with Gasteiger partial charge in [0.1, 0.15) is 6.10 Å². The minimum atomic E-state index is -1.31. The van der Waals surface area contributed by atoms with E-state index in [1.165, 1.54) is 18.2 Å². The van der Waals surface area contributed by atoms with Gasteiger partial charge in [0.25, 0.3) is 5.69 Å². The summed E-state index contributed by atoms with van der Waals surface area (Å²) in [5.41, 5.74) is -0.204. The highest BCUT2D eigenvalue weighted by atomic mass is 35.5. The molecular formula is C9H6ClNO3. The van der Waals surface area contributed by atoms with Crippen LogP contribution in [0.15, 0.2) is 18.2 Å². The standard InChI is InChI=1S/C9H6ClNO3/c1-2-9(12)7-5-6(10)3-4-8(7)11(13)14/h1,3-5,9,12H. The molecule has 0 spiro atoms. The number of terminal acetylenes is 1. The molecule has 1 atom stereocenters. The van der Waals surface area contributed by atoms with Crippen molar-refractivity contribution in [3.63, 3.8) is 0 Å². The van der Waals surface area contributed by atoms with Gasteiger partial charge in [-0.2, -0.15) is 0 Å².